The van der Waals surface area contributed by atoms with Gasteiger partial charge < -0.3 is 0 Å². The van der Waals surface area contributed by atoms with Gasteiger partial charge in [-0.25, -0.2) is 0 Å². The maximum absolute atomic E-state index is 11.4. The molecule has 0 spiro atoms. The van der Waals surface area contributed by atoms with E-state index in [-0.39, 0.29) is 5.91 Å². The number of hydrazine groups is 1. The van der Waals surface area contributed by atoms with E-state index in [1.54, 1.807) is 6.07 Å². The molecular weight excluding hydrogens is 256 g/mol. The summed E-state index contributed by atoms with van der Waals surface area (Å²) in [4.78, 5) is 11.4. The minimum atomic E-state index is -0.130. The summed E-state index contributed by atoms with van der Waals surface area (Å²) in [5.41, 5.74) is 4.21. The Morgan fingerprint density at radius 3 is 2.47 bits per heavy atom. The fourth-order valence-electron chi connectivity index (χ4n) is 1.16. The number of carbonyl (C=O) groups excluding carboxylic acids is 1. The minimum Gasteiger partial charge on any atom is -0.277 e. The molecule has 0 aliphatic heterocycles. The van der Waals surface area contributed by atoms with Crippen molar-refractivity contribution in [1.82, 2.24) is 9.88 Å². The van der Waals surface area contributed by atoms with Crippen molar-refractivity contribution in [2.45, 2.75) is 27.2 Å². The van der Waals surface area contributed by atoms with Crippen LogP contribution < -0.4 is 9.88 Å². The van der Waals surface area contributed by atoms with Crippen LogP contribution in [-0.2, 0) is 6.42 Å². The third kappa shape index (κ3) is 4.44. The van der Waals surface area contributed by atoms with Crippen molar-refractivity contribution in [3.8, 4) is 0 Å². The van der Waals surface area contributed by atoms with Crippen LogP contribution in [-0.4, -0.2) is 5.91 Å². The Hall–Kier alpha value is -0.870. The summed E-state index contributed by atoms with van der Waals surface area (Å²) in [7, 11) is 0. The summed E-state index contributed by atoms with van der Waals surface area (Å²) < 4.78 is 2.43. The molecule has 0 heterocycles. The van der Waals surface area contributed by atoms with E-state index < -0.39 is 0 Å². The molecule has 0 aliphatic carbocycles. The third-order valence-electron chi connectivity index (χ3n) is 1.80. The van der Waals surface area contributed by atoms with Gasteiger partial charge in [-0.2, -0.15) is 4.45 Å². The van der Waals surface area contributed by atoms with Crippen LogP contribution >= 0.6 is 16.1 Å². The van der Waals surface area contributed by atoms with Gasteiger partial charge in [-0.15, -0.1) is 0 Å². The summed E-state index contributed by atoms with van der Waals surface area (Å²) in [5, 5.41) is 0. The Balaban J connectivity index is 0.000000921. The van der Waals surface area contributed by atoms with Crippen LogP contribution in [0.2, 0.25) is 0 Å². The molecule has 0 aliphatic rings. The van der Waals surface area contributed by atoms with Crippen LogP contribution in [0.15, 0.2) is 24.3 Å². The number of halogens is 1. The molecule has 3 nitrogen and oxygen atoms in total. The van der Waals surface area contributed by atoms with E-state index in [9.17, 15) is 4.79 Å². The van der Waals surface area contributed by atoms with Crippen LogP contribution in [0.4, 0.5) is 0 Å². The number of carbonyl (C=O) groups is 1. The first-order valence-corrected chi connectivity index (χ1v) is 5.82. The summed E-state index contributed by atoms with van der Waals surface area (Å²) in [6.07, 6.45) is 0.853. The largest absolute Gasteiger partial charge is 0.277 e. The van der Waals surface area contributed by atoms with Gasteiger partial charge in [0.1, 0.15) is 0 Å². The van der Waals surface area contributed by atoms with E-state index in [2.05, 4.69) is 26.0 Å². The molecule has 1 rings (SSSR count). The van der Waals surface area contributed by atoms with Gasteiger partial charge in [0, 0.05) is 21.7 Å². The molecule has 0 bridgehead atoms. The Labute approximate surface area is 99.6 Å². The van der Waals surface area contributed by atoms with Gasteiger partial charge in [0.25, 0.3) is 5.91 Å². The lowest BCUT2D eigenvalue weighted by Gasteiger charge is -2.06. The molecule has 2 N–H and O–H groups in total. The minimum absolute atomic E-state index is 0.130. The molecule has 0 atom stereocenters. The molecule has 0 saturated heterocycles. The van der Waals surface area contributed by atoms with Crippen LogP contribution in [0.25, 0.3) is 0 Å². The smallest absolute Gasteiger partial charge is 0.266 e. The molecule has 0 aromatic heterocycles. The van der Waals surface area contributed by atoms with Crippen molar-refractivity contribution in [1.29, 1.82) is 0 Å². The van der Waals surface area contributed by atoms with E-state index in [0.717, 1.165) is 12.0 Å². The molecule has 15 heavy (non-hydrogen) atoms. The number of rotatable bonds is 3. The molecule has 1 aromatic rings. The predicted molar refractivity (Wildman–Crippen MR) is 66.7 cm³/mol. The van der Waals surface area contributed by atoms with E-state index in [1.807, 2.05) is 39.0 Å². The normalized spacial score (nSPS) is 8.80. The van der Waals surface area contributed by atoms with E-state index in [1.165, 1.54) is 0 Å². The van der Waals surface area contributed by atoms with Gasteiger partial charge in [0.2, 0.25) is 0 Å². The maximum atomic E-state index is 11.4. The number of hydrogen-bond acceptors (Lipinski definition) is 2. The van der Waals surface area contributed by atoms with Crippen molar-refractivity contribution in [3.63, 3.8) is 0 Å². The Kier molecular flexibility index (Phi) is 7.95. The molecule has 4 heteroatoms. The lowest BCUT2D eigenvalue weighted by molar-refractivity contribution is 0.0947. The standard InChI is InChI=1S/C9H11BrN2O.C2H6/c1-2-7-5-3-4-6-8(7)9(13)11-12-10;1-2/h3-6,12H,2H2,1H3,(H,11,13);1-2H3. The zero-order valence-electron chi connectivity index (χ0n) is 9.30. The van der Waals surface area contributed by atoms with E-state index in [0.29, 0.717) is 5.56 Å². The zero-order chi connectivity index (χ0) is 11.7. The molecule has 84 valence electrons. The third-order valence-corrected chi connectivity index (χ3v) is 2.00. The van der Waals surface area contributed by atoms with E-state index >= 15 is 0 Å². The topological polar surface area (TPSA) is 41.1 Å². The predicted octanol–water partition coefficient (Wildman–Crippen LogP) is 2.82. The Bertz CT molecular complexity index is 302. The van der Waals surface area contributed by atoms with Crippen molar-refractivity contribution in [3.05, 3.63) is 35.4 Å². The van der Waals surface area contributed by atoms with Crippen LogP contribution in [0.1, 0.15) is 36.7 Å². The highest BCUT2D eigenvalue weighted by molar-refractivity contribution is 9.08. The average molecular weight is 273 g/mol. The number of hydrogen-bond donors (Lipinski definition) is 2. The highest BCUT2D eigenvalue weighted by atomic mass is 79.9. The van der Waals surface area contributed by atoms with Crippen molar-refractivity contribution in [2.75, 3.05) is 0 Å². The second kappa shape index (κ2) is 8.44. The van der Waals surface area contributed by atoms with Gasteiger partial charge in [0.15, 0.2) is 0 Å². The van der Waals surface area contributed by atoms with Crippen molar-refractivity contribution >= 4 is 22.1 Å². The fraction of sp³-hybridized carbons (Fsp3) is 0.364. The molecule has 0 radical (unpaired) electrons. The average Bonchev–Trinajstić information content (AvgIpc) is 2.32. The summed E-state index contributed by atoms with van der Waals surface area (Å²) in [5.74, 6) is -0.130. The number of benzene rings is 1. The monoisotopic (exact) mass is 272 g/mol. The van der Waals surface area contributed by atoms with Gasteiger partial charge in [0.05, 0.1) is 0 Å². The second-order valence-electron chi connectivity index (χ2n) is 2.56. The highest BCUT2D eigenvalue weighted by Crippen LogP contribution is 2.08. The number of aryl methyl sites for hydroxylation is 1. The molecule has 0 fully saturated rings. The first-order chi connectivity index (χ1) is 7.29. The molecular formula is C11H17BrN2O. The van der Waals surface area contributed by atoms with Gasteiger partial charge >= 0.3 is 0 Å². The van der Waals surface area contributed by atoms with E-state index in [4.69, 9.17) is 0 Å². The quantitative estimate of drug-likeness (QED) is 0.656. The highest BCUT2D eigenvalue weighted by Gasteiger charge is 2.07. The molecule has 0 saturated carbocycles. The number of nitrogens with one attached hydrogen (secondary N) is 2. The first-order valence-electron chi connectivity index (χ1n) is 5.03. The number of amides is 1. The second-order valence-corrected chi connectivity index (χ2v) is 2.96. The molecule has 0 unspecified atom stereocenters. The van der Waals surface area contributed by atoms with Gasteiger partial charge in [-0.05, 0) is 18.1 Å². The Morgan fingerprint density at radius 1 is 1.33 bits per heavy atom. The first kappa shape index (κ1) is 14.1. The summed E-state index contributed by atoms with van der Waals surface area (Å²) in [6.45, 7) is 6.02. The lowest BCUT2D eigenvalue weighted by Crippen LogP contribution is -2.30. The maximum Gasteiger partial charge on any atom is 0.266 e. The van der Waals surface area contributed by atoms with Crippen LogP contribution in [0.3, 0.4) is 0 Å². The Morgan fingerprint density at radius 2 is 1.93 bits per heavy atom. The van der Waals surface area contributed by atoms with Crippen molar-refractivity contribution < 1.29 is 4.79 Å². The van der Waals surface area contributed by atoms with Crippen molar-refractivity contribution in [2.24, 2.45) is 0 Å². The SMILES string of the molecule is CC.CCc1ccccc1C(=O)NNBr. The molecule has 1 aromatic carbocycles. The van der Waals surface area contributed by atoms with Gasteiger partial charge in [-0.3, -0.25) is 10.2 Å². The summed E-state index contributed by atoms with van der Waals surface area (Å²) in [6, 6.07) is 7.53. The zero-order valence-corrected chi connectivity index (χ0v) is 10.9. The molecule has 1 amide bonds. The van der Waals surface area contributed by atoms with Crippen LogP contribution in [0, 0.1) is 0 Å². The lowest BCUT2D eigenvalue weighted by atomic mass is 10.1. The summed E-state index contributed by atoms with van der Waals surface area (Å²) >= 11 is 2.91. The van der Waals surface area contributed by atoms with Gasteiger partial charge in [-0.1, -0.05) is 39.0 Å². The fourth-order valence-corrected chi connectivity index (χ4v) is 1.34. The van der Waals surface area contributed by atoms with Crippen LogP contribution in [0.5, 0.6) is 0 Å².